The zero-order valence-electron chi connectivity index (χ0n) is 51.0. The Hall–Kier alpha value is -7.53. The molecule has 16 atom stereocenters. The van der Waals surface area contributed by atoms with Crippen LogP contribution in [0.5, 0.6) is 0 Å². The van der Waals surface area contributed by atoms with Gasteiger partial charge in [-0.1, -0.05) is 248 Å². The van der Waals surface area contributed by atoms with Gasteiger partial charge in [0.2, 0.25) is 0 Å². The number of nitrogens with zero attached hydrogens (tertiary/aromatic N) is 3. The summed E-state index contributed by atoms with van der Waals surface area (Å²) >= 11 is 0. The smallest absolute Gasteiger partial charge is 0.187 e. The second-order valence-electron chi connectivity index (χ2n) is 23.0. The largest absolute Gasteiger partial charge is 0.388 e. The lowest BCUT2D eigenvalue weighted by Gasteiger charge is -2.50. The molecular formula is C74H79N3O15. The zero-order chi connectivity index (χ0) is 63.1. The Kier molecular flexibility index (Phi) is 24.7. The number of aliphatic hydroxyl groups excluding tert-OH is 3. The van der Waals surface area contributed by atoms with Crippen molar-refractivity contribution in [1.29, 1.82) is 0 Å². The molecule has 1 saturated carbocycles. The first kappa shape index (κ1) is 65.9. The highest BCUT2D eigenvalue weighted by Gasteiger charge is 2.57. The number of rotatable bonds is 31. The van der Waals surface area contributed by atoms with E-state index >= 15 is 0 Å². The van der Waals surface area contributed by atoms with Gasteiger partial charge >= 0.3 is 0 Å². The lowest BCUT2D eigenvalue weighted by Crippen LogP contribution is -2.68. The summed E-state index contributed by atoms with van der Waals surface area (Å²) in [6.07, 6.45) is -18.8. The number of azide groups is 1. The first-order chi connectivity index (χ1) is 45.3. The highest BCUT2D eigenvalue weighted by atomic mass is 16.7. The SMILES string of the molecule is [N-]=[N+]=N[C@H]1[C@@H](O[C@H]2[C@H](O)[C@H](O)[C@H](OCc3ccccc3)[C@@H](OCc3ccccc3)[C@@H]2OCc2ccccc2)O[C@H](CO[C@H]2O[C@H](COCc3ccccc3)[C@H](OCc3ccccc3)[C@H](OCc3ccccc3)[C@H]2OCc2ccccc2)[C@@H](O)[C@@H]1OCc1ccccc1. The quantitative estimate of drug-likeness (QED) is 0.0209. The van der Waals surface area contributed by atoms with E-state index in [0.29, 0.717) is 0 Å². The summed E-state index contributed by atoms with van der Waals surface area (Å²) in [5.74, 6) is 0. The van der Waals surface area contributed by atoms with E-state index in [-0.39, 0.29) is 59.5 Å². The molecule has 8 aromatic rings. The van der Waals surface area contributed by atoms with Gasteiger partial charge in [0.05, 0.1) is 72.2 Å². The minimum Gasteiger partial charge on any atom is -0.388 e. The average molecular weight is 1250 g/mol. The molecule has 0 bridgehead atoms. The maximum atomic E-state index is 12.7. The molecule has 0 radical (unpaired) electrons. The molecular weight excluding hydrogens is 1170 g/mol. The van der Waals surface area contributed by atoms with E-state index in [0.717, 1.165) is 44.5 Å². The minimum absolute atomic E-state index is 0.0233. The summed E-state index contributed by atoms with van der Waals surface area (Å²) in [5.41, 5.74) is 17.3. The highest BCUT2D eigenvalue weighted by Crippen LogP contribution is 2.38. The number of benzene rings is 8. The maximum absolute atomic E-state index is 12.7. The van der Waals surface area contributed by atoms with Crippen LogP contribution in [0.15, 0.2) is 248 Å². The lowest BCUT2D eigenvalue weighted by molar-refractivity contribution is -0.350. The van der Waals surface area contributed by atoms with Crippen molar-refractivity contribution in [2.45, 2.75) is 151 Å². The Morgan fingerprint density at radius 2 is 0.609 bits per heavy atom. The van der Waals surface area contributed by atoms with E-state index in [1.165, 1.54) is 0 Å². The first-order valence-corrected chi connectivity index (χ1v) is 31.2. The minimum atomic E-state index is -1.72. The fourth-order valence-corrected chi connectivity index (χ4v) is 11.7. The van der Waals surface area contributed by atoms with Crippen molar-refractivity contribution in [3.8, 4) is 0 Å². The number of aliphatic hydroxyl groups is 3. The molecule has 2 heterocycles. The monoisotopic (exact) mass is 1250 g/mol. The molecule has 0 amide bonds. The molecule has 0 spiro atoms. The molecule has 2 saturated heterocycles. The molecule has 18 heteroatoms. The molecule has 8 aromatic carbocycles. The van der Waals surface area contributed by atoms with Crippen LogP contribution in [0.2, 0.25) is 0 Å². The van der Waals surface area contributed by atoms with Crippen molar-refractivity contribution in [2.75, 3.05) is 13.2 Å². The molecule has 480 valence electrons. The fraction of sp³-hybridized carbons (Fsp3) is 0.351. The summed E-state index contributed by atoms with van der Waals surface area (Å²) in [6.45, 7) is 0.550. The van der Waals surface area contributed by atoms with E-state index in [2.05, 4.69) is 10.0 Å². The molecule has 2 aliphatic heterocycles. The first-order valence-electron chi connectivity index (χ1n) is 31.2. The van der Waals surface area contributed by atoms with Gasteiger partial charge in [-0.05, 0) is 50.0 Å². The Morgan fingerprint density at radius 1 is 0.304 bits per heavy atom. The summed E-state index contributed by atoms with van der Waals surface area (Å²) in [6, 6.07) is 75.5. The number of ether oxygens (including phenoxy) is 12. The number of hydrogen-bond acceptors (Lipinski definition) is 16. The standard InChI is InChI=1S/C74H79N3O15/c75-77-76-61-66(83-43-53-29-13-3-14-30-53)62(78)59(90-73(61)92-68-64(80)63(79)67(84-44-54-31-15-4-16-32-54)70(86-46-56-35-19-6-20-36-56)71(68)87-47-57-37-21-7-22-38-57)50-89-74-72(88-48-58-39-23-8-24-40-58)69(85-45-55-33-17-5-18-34-55)65(82-42-52-27-11-2-12-28-52)60(91-74)49-81-41-51-25-9-1-10-26-51/h1-40,59-74,78-80H,41-50H2/t59-,60-,61-,62-,63+,64-,65+,66-,67+,68+,69+,70-,71-,72-,73-,74+/m1/s1. The second-order valence-corrected chi connectivity index (χ2v) is 23.0. The maximum Gasteiger partial charge on any atom is 0.187 e. The van der Waals surface area contributed by atoms with Gasteiger partial charge in [-0.3, -0.25) is 0 Å². The van der Waals surface area contributed by atoms with Crippen LogP contribution in [0.25, 0.3) is 10.4 Å². The molecule has 3 N–H and O–H groups in total. The van der Waals surface area contributed by atoms with Crippen LogP contribution in [0.4, 0.5) is 0 Å². The Bertz CT molecular complexity index is 3410. The van der Waals surface area contributed by atoms with E-state index < -0.39 is 105 Å². The van der Waals surface area contributed by atoms with Crippen LogP contribution >= 0.6 is 0 Å². The van der Waals surface area contributed by atoms with Crippen molar-refractivity contribution in [3.05, 3.63) is 298 Å². The van der Waals surface area contributed by atoms with Crippen molar-refractivity contribution < 1.29 is 72.2 Å². The van der Waals surface area contributed by atoms with Crippen LogP contribution in [0.1, 0.15) is 44.5 Å². The molecule has 0 aromatic heterocycles. The molecule has 18 nitrogen and oxygen atoms in total. The number of hydrogen-bond donors (Lipinski definition) is 3. The topological polar surface area (TPSA) is 220 Å². The normalized spacial score (nSPS) is 27.2. The Labute approximate surface area is 536 Å². The van der Waals surface area contributed by atoms with Crippen LogP contribution in [0.3, 0.4) is 0 Å². The average Bonchev–Trinajstić information content (AvgIpc) is 0.809. The Balaban J connectivity index is 0.938. The van der Waals surface area contributed by atoms with Crippen molar-refractivity contribution >= 4 is 0 Å². The predicted molar refractivity (Wildman–Crippen MR) is 340 cm³/mol. The van der Waals surface area contributed by atoms with Crippen LogP contribution in [0, 0.1) is 0 Å². The van der Waals surface area contributed by atoms with Gasteiger partial charge in [0, 0.05) is 4.91 Å². The van der Waals surface area contributed by atoms with Crippen LogP contribution < -0.4 is 0 Å². The zero-order valence-corrected chi connectivity index (χ0v) is 51.0. The van der Waals surface area contributed by atoms with E-state index in [1.807, 2.05) is 243 Å². The van der Waals surface area contributed by atoms with E-state index in [9.17, 15) is 20.9 Å². The van der Waals surface area contributed by atoms with Crippen molar-refractivity contribution in [2.24, 2.45) is 5.11 Å². The van der Waals surface area contributed by atoms with Gasteiger partial charge in [-0.25, -0.2) is 0 Å². The van der Waals surface area contributed by atoms with E-state index in [1.54, 1.807) is 0 Å². The second kappa shape index (κ2) is 34.4. The third-order valence-electron chi connectivity index (χ3n) is 16.5. The molecule has 11 rings (SSSR count). The molecule has 92 heavy (non-hydrogen) atoms. The van der Waals surface area contributed by atoms with Crippen LogP contribution in [-0.4, -0.2) is 127 Å². The predicted octanol–water partition coefficient (Wildman–Crippen LogP) is 10.9. The van der Waals surface area contributed by atoms with Crippen molar-refractivity contribution in [1.82, 2.24) is 0 Å². The lowest BCUT2D eigenvalue weighted by atomic mass is 9.83. The third kappa shape index (κ3) is 18.2. The Morgan fingerprint density at radius 3 is 1.00 bits per heavy atom. The summed E-state index contributed by atoms with van der Waals surface area (Å²) in [4.78, 5) is 3.24. The van der Waals surface area contributed by atoms with Gasteiger partial charge in [-0.15, -0.1) is 0 Å². The summed E-state index contributed by atoms with van der Waals surface area (Å²) in [7, 11) is 0. The van der Waals surface area contributed by atoms with Gasteiger partial charge in [0.25, 0.3) is 0 Å². The van der Waals surface area contributed by atoms with Crippen LogP contribution in [-0.2, 0) is 110 Å². The third-order valence-corrected chi connectivity index (χ3v) is 16.5. The molecule has 3 aliphatic rings. The highest BCUT2D eigenvalue weighted by molar-refractivity contribution is 5.20. The van der Waals surface area contributed by atoms with Crippen molar-refractivity contribution in [3.63, 3.8) is 0 Å². The fourth-order valence-electron chi connectivity index (χ4n) is 11.7. The van der Waals surface area contributed by atoms with Gasteiger partial charge in [0.15, 0.2) is 12.6 Å². The summed E-state index contributed by atoms with van der Waals surface area (Å²) < 4.78 is 81.9. The molecule has 3 fully saturated rings. The van der Waals surface area contributed by atoms with Gasteiger partial charge < -0.3 is 72.2 Å². The molecule has 1 aliphatic carbocycles. The van der Waals surface area contributed by atoms with Gasteiger partial charge in [0.1, 0.15) is 79.3 Å². The molecule has 0 unspecified atom stereocenters. The summed E-state index contributed by atoms with van der Waals surface area (Å²) in [5, 5.41) is 41.9. The van der Waals surface area contributed by atoms with E-state index in [4.69, 9.17) is 56.8 Å². The van der Waals surface area contributed by atoms with Gasteiger partial charge in [-0.2, -0.15) is 0 Å².